The van der Waals surface area contributed by atoms with Gasteiger partial charge in [-0.05, 0) is 41.1 Å². The van der Waals surface area contributed by atoms with Gasteiger partial charge in [-0.25, -0.2) is 14.5 Å². The summed E-state index contributed by atoms with van der Waals surface area (Å²) >= 11 is 2.14. The Labute approximate surface area is 112 Å². The summed E-state index contributed by atoms with van der Waals surface area (Å²) in [5, 5.41) is 13.1. The van der Waals surface area contributed by atoms with Crippen LogP contribution in [0.15, 0.2) is 24.5 Å². The number of pyridine rings is 1. The average Bonchev–Trinajstić information content (AvgIpc) is 2.75. The van der Waals surface area contributed by atoms with Gasteiger partial charge in [-0.15, -0.1) is 0 Å². The van der Waals surface area contributed by atoms with Crippen LogP contribution in [0.4, 0.5) is 0 Å². The van der Waals surface area contributed by atoms with E-state index < -0.39 is 5.97 Å². The van der Waals surface area contributed by atoms with E-state index in [1.54, 1.807) is 23.1 Å². The minimum Gasteiger partial charge on any atom is -0.478 e. The summed E-state index contributed by atoms with van der Waals surface area (Å²) in [4.78, 5) is 15.4. The molecule has 6 heteroatoms. The van der Waals surface area contributed by atoms with E-state index in [1.165, 1.54) is 6.07 Å². The molecule has 5 nitrogen and oxygen atoms in total. The van der Waals surface area contributed by atoms with E-state index in [1.807, 2.05) is 6.92 Å². The van der Waals surface area contributed by atoms with E-state index >= 15 is 0 Å². The second-order valence-corrected chi connectivity index (χ2v) is 4.71. The minimum atomic E-state index is -0.954. The smallest absolute Gasteiger partial charge is 0.335 e. The summed E-state index contributed by atoms with van der Waals surface area (Å²) < 4.78 is 2.55. The Balaban J connectivity index is 2.53. The number of aryl methyl sites for hydroxylation is 1. The zero-order valence-corrected chi connectivity index (χ0v) is 11.2. The summed E-state index contributed by atoms with van der Waals surface area (Å²) in [7, 11) is 0. The van der Waals surface area contributed by atoms with Gasteiger partial charge in [0.05, 0.1) is 15.3 Å². The summed E-state index contributed by atoms with van der Waals surface area (Å²) in [6, 6.07) is 3.10. The molecule has 2 aromatic rings. The monoisotopic (exact) mass is 343 g/mol. The van der Waals surface area contributed by atoms with Crippen LogP contribution >= 0.6 is 22.6 Å². The maximum absolute atomic E-state index is 11.0. The predicted molar refractivity (Wildman–Crippen MR) is 70.4 cm³/mol. The molecule has 2 aromatic heterocycles. The van der Waals surface area contributed by atoms with Crippen molar-refractivity contribution in [3.8, 4) is 5.82 Å². The second-order valence-electron chi connectivity index (χ2n) is 3.47. The molecule has 0 saturated heterocycles. The van der Waals surface area contributed by atoms with Crippen molar-refractivity contribution in [2.24, 2.45) is 0 Å². The molecule has 2 rings (SSSR count). The largest absolute Gasteiger partial charge is 0.478 e. The maximum atomic E-state index is 11.0. The molecule has 0 unspecified atom stereocenters. The molecule has 0 fully saturated rings. The van der Waals surface area contributed by atoms with Gasteiger partial charge in [0.15, 0.2) is 5.82 Å². The van der Waals surface area contributed by atoms with Gasteiger partial charge in [-0.3, -0.25) is 0 Å². The van der Waals surface area contributed by atoms with Crippen LogP contribution in [0.25, 0.3) is 5.82 Å². The molecule has 0 aliphatic rings. The molecule has 88 valence electrons. The standard InChI is InChI=1S/C11H10IN3O2/c1-2-9-3-7(11(16)17)4-10(14-9)15-6-8(12)5-13-15/h3-6H,2H2,1H3,(H,16,17). The Bertz CT molecular complexity index is 566. The third-order valence-corrected chi connectivity index (χ3v) is 2.82. The lowest BCUT2D eigenvalue weighted by molar-refractivity contribution is 0.0696. The highest BCUT2D eigenvalue weighted by Crippen LogP contribution is 2.12. The number of carbonyl (C=O) groups is 1. The van der Waals surface area contributed by atoms with Gasteiger partial charge in [0.2, 0.25) is 0 Å². The first-order valence-electron chi connectivity index (χ1n) is 5.05. The van der Waals surface area contributed by atoms with E-state index in [9.17, 15) is 4.79 Å². The molecule has 1 N–H and O–H groups in total. The van der Waals surface area contributed by atoms with Crippen molar-refractivity contribution < 1.29 is 9.90 Å². The molecule has 0 spiro atoms. The Morgan fingerprint density at radius 1 is 1.53 bits per heavy atom. The van der Waals surface area contributed by atoms with Crippen molar-refractivity contribution in [1.82, 2.24) is 14.8 Å². The highest BCUT2D eigenvalue weighted by atomic mass is 127. The van der Waals surface area contributed by atoms with Crippen LogP contribution in [0.5, 0.6) is 0 Å². The van der Waals surface area contributed by atoms with E-state index in [0.717, 1.165) is 9.26 Å². The summed E-state index contributed by atoms with van der Waals surface area (Å²) in [5.41, 5.74) is 0.975. The SMILES string of the molecule is CCc1cc(C(=O)O)cc(-n2cc(I)cn2)n1. The van der Waals surface area contributed by atoms with E-state index in [0.29, 0.717) is 12.2 Å². The van der Waals surface area contributed by atoms with Crippen LogP contribution < -0.4 is 0 Å². The number of hydrogen-bond donors (Lipinski definition) is 1. The molecule has 0 bridgehead atoms. The minimum absolute atomic E-state index is 0.234. The van der Waals surface area contributed by atoms with Crippen LogP contribution in [0, 0.1) is 3.57 Å². The number of aromatic carboxylic acids is 1. The van der Waals surface area contributed by atoms with Crippen molar-refractivity contribution in [3.63, 3.8) is 0 Å². The molecule has 0 radical (unpaired) electrons. The van der Waals surface area contributed by atoms with E-state index in [4.69, 9.17) is 5.11 Å². The second kappa shape index (κ2) is 4.82. The van der Waals surface area contributed by atoms with Gasteiger partial charge < -0.3 is 5.11 Å². The van der Waals surface area contributed by atoms with Gasteiger partial charge in [-0.1, -0.05) is 6.92 Å². The third kappa shape index (κ3) is 2.63. The number of halogens is 1. The molecule has 2 heterocycles. The molecule has 17 heavy (non-hydrogen) atoms. The van der Waals surface area contributed by atoms with Gasteiger partial charge in [-0.2, -0.15) is 5.10 Å². The molecule has 0 aliphatic carbocycles. The number of hydrogen-bond acceptors (Lipinski definition) is 3. The highest BCUT2D eigenvalue weighted by Gasteiger charge is 2.09. The quantitative estimate of drug-likeness (QED) is 0.867. The van der Waals surface area contributed by atoms with Crippen molar-refractivity contribution >= 4 is 28.6 Å². The normalized spacial score (nSPS) is 10.5. The summed E-state index contributed by atoms with van der Waals surface area (Å²) in [6.45, 7) is 1.94. The fraction of sp³-hybridized carbons (Fsp3) is 0.182. The summed E-state index contributed by atoms with van der Waals surface area (Å²) in [5.74, 6) is -0.421. The molecular weight excluding hydrogens is 333 g/mol. The van der Waals surface area contributed by atoms with Crippen LogP contribution in [0.2, 0.25) is 0 Å². The molecule has 0 saturated carbocycles. The molecular formula is C11H10IN3O2. The number of carboxylic acids is 1. The Morgan fingerprint density at radius 3 is 2.82 bits per heavy atom. The van der Waals surface area contributed by atoms with Gasteiger partial charge in [0.1, 0.15) is 0 Å². The lowest BCUT2D eigenvalue weighted by Crippen LogP contribution is -2.05. The van der Waals surface area contributed by atoms with E-state index in [2.05, 4.69) is 32.7 Å². The van der Waals surface area contributed by atoms with Crippen LogP contribution in [0.1, 0.15) is 23.0 Å². The zero-order valence-electron chi connectivity index (χ0n) is 9.09. The molecule has 0 amide bonds. The molecule has 0 aromatic carbocycles. The van der Waals surface area contributed by atoms with Crippen molar-refractivity contribution in [1.29, 1.82) is 0 Å². The fourth-order valence-electron chi connectivity index (χ4n) is 1.42. The van der Waals surface area contributed by atoms with Crippen molar-refractivity contribution in [2.75, 3.05) is 0 Å². The first-order chi connectivity index (χ1) is 8.10. The third-order valence-electron chi connectivity index (χ3n) is 2.26. The lowest BCUT2D eigenvalue weighted by Gasteiger charge is -2.05. The number of nitrogens with zero attached hydrogens (tertiary/aromatic N) is 3. The first kappa shape index (κ1) is 12.0. The fourth-order valence-corrected chi connectivity index (χ4v) is 1.81. The van der Waals surface area contributed by atoms with Gasteiger partial charge in [0.25, 0.3) is 0 Å². The lowest BCUT2D eigenvalue weighted by atomic mass is 10.2. The van der Waals surface area contributed by atoms with Crippen molar-refractivity contribution in [3.05, 3.63) is 39.4 Å². The molecule has 0 atom stereocenters. The topological polar surface area (TPSA) is 68.0 Å². The highest BCUT2D eigenvalue weighted by molar-refractivity contribution is 14.1. The van der Waals surface area contributed by atoms with Crippen molar-refractivity contribution in [2.45, 2.75) is 13.3 Å². The van der Waals surface area contributed by atoms with Crippen LogP contribution in [-0.2, 0) is 6.42 Å². The predicted octanol–water partition coefficient (Wildman–Crippen LogP) is 2.13. The first-order valence-corrected chi connectivity index (χ1v) is 6.13. The Kier molecular flexibility index (Phi) is 3.41. The van der Waals surface area contributed by atoms with E-state index in [-0.39, 0.29) is 5.56 Å². The number of rotatable bonds is 3. The van der Waals surface area contributed by atoms with Gasteiger partial charge >= 0.3 is 5.97 Å². The van der Waals surface area contributed by atoms with Crippen LogP contribution in [0.3, 0.4) is 0 Å². The average molecular weight is 343 g/mol. The zero-order chi connectivity index (χ0) is 12.4. The Hall–Kier alpha value is -1.44. The number of carboxylic acid groups (broad SMARTS) is 1. The summed E-state index contributed by atoms with van der Waals surface area (Å²) in [6.07, 6.45) is 4.18. The Morgan fingerprint density at radius 2 is 2.29 bits per heavy atom. The maximum Gasteiger partial charge on any atom is 0.335 e. The van der Waals surface area contributed by atoms with Gasteiger partial charge in [0, 0.05) is 11.9 Å². The number of aromatic nitrogens is 3. The molecule has 0 aliphatic heterocycles. The van der Waals surface area contributed by atoms with Crippen LogP contribution in [-0.4, -0.2) is 25.8 Å².